The molecule has 0 saturated carbocycles. The lowest BCUT2D eigenvalue weighted by molar-refractivity contribution is -0.127. The minimum Gasteiger partial charge on any atom is -0.379 e. The first-order valence-corrected chi connectivity index (χ1v) is 6.70. The number of hydrogen-bond acceptors (Lipinski definition) is 4. The standard InChI is InChI=1S/C13H23N3O2/c1-14-5-7-16(8-6-14)13(17)3-2-4-15-9-11-18-12-10-15/h2-3H,4-12H2,1H3/b3-2+. The summed E-state index contributed by atoms with van der Waals surface area (Å²) in [6.45, 7) is 8.03. The van der Waals surface area contributed by atoms with Crippen molar-refractivity contribution in [3.8, 4) is 0 Å². The highest BCUT2D eigenvalue weighted by Crippen LogP contribution is 2.01. The number of likely N-dealkylation sites (N-methyl/N-ethyl adjacent to an activating group) is 1. The normalized spacial score (nSPS) is 23.7. The predicted molar refractivity (Wildman–Crippen MR) is 70.5 cm³/mol. The summed E-state index contributed by atoms with van der Waals surface area (Å²) < 4.78 is 5.29. The van der Waals surface area contributed by atoms with Crippen LogP contribution in [0.5, 0.6) is 0 Å². The summed E-state index contributed by atoms with van der Waals surface area (Å²) in [7, 11) is 2.09. The molecule has 102 valence electrons. The Balaban J connectivity index is 1.69. The third-order valence-electron chi connectivity index (χ3n) is 3.54. The summed E-state index contributed by atoms with van der Waals surface area (Å²) in [5, 5.41) is 0. The van der Waals surface area contributed by atoms with Crippen molar-refractivity contribution >= 4 is 5.91 Å². The average molecular weight is 253 g/mol. The van der Waals surface area contributed by atoms with Crippen molar-refractivity contribution in [2.75, 3.05) is 66.1 Å². The molecular weight excluding hydrogens is 230 g/mol. The maximum atomic E-state index is 11.9. The molecule has 2 saturated heterocycles. The summed E-state index contributed by atoms with van der Waals surface area (Å²) in [5.41, 5.74) is 0. The smallest absolute Gasteiger partial charge is 0.246 e. The van der Waals surface area contributed by atoms with E-state index in [1.165, 1.54) is 0 Å². The summed E-state index contributed by atoms with van der Waals surface area (Å²) in [5.74, 6) is 0.149. The van der Waals surface area contributed by atoms with Crippen LogP contribution < -0.4 is 0 Å². The Hall–Kier alpha value is -0.910. The van der Waals surface area contributed by atoms with Crippen LogP contribution in [-0.4, -0.2) is 86.7 Å². The van der Waals surface area contributed by atoms with Gasteiger partial charge in [0.25, 0.3) is 0 Å². The van der Waals surface area contributed by atoms with Crippen LogP contribution in [0.4, 0.5) is 0 Å². The van der Waals surface area contributed by atoms with Crippen molar-refractivity contribution < 1.29 is 9.53 Å². The number of rotatable bonds is 3. The fourth-order valence-corrected chi connectivity index (χ4v) is 2.22. The predicted octanol–water partition coefficient (Wildman–Crippen LogP) is -0.351. The molecule has 2 heterocycles. The number of carbonyl (C=O) groups is 1. The fraction of sp³-hybridized carbons (Fsp3) is 0.769. The van der Waals surface area contributed by atoms with Crippen LogP contribution in [0.15, 0.2) is 12.2 Å². The highest BCUT2D eigenvalue weighted by Gasteiger charge is 2.16. The maximum absolute atomic E-state index is 11.9. The molecule has 0 atom stereocenters. The van der Waals surface area contributed by atoms with E-state index < -0.39 is 0 Å². The lowest BCUT2D eigenvalue weighted by atomic mass is 10.3. The van der Waals surface area contributed by atoms with Gasteiger partial charge in [0.05, 0.1) is 13.2 Å². The second-order valence-corrected chi connectivity index (χ2v) is 4.94. The van der Waals surface area contributed by atoms with E-state index in [0.29, 0.717) is 0 Å². The Labute approximate surface area is 109 Å². The summed E-state index contributed by atoms with van der Waals surface area (Å²) in [6.07, 6.45) is 3.70. The molecular formula is C13H23N3O2. The molecule has 0 unspecified atom stereocenters. The van der Waals surface area contributed by atoms with Crippen LogP contribution in [0.25, 0.3) is 0 Å². The van der Waals surface area contributed by atoms with Gasteiger partial charge in [0.15, 0.2) is 0 Å². The number of morpholine rings is 1. The number of carbonyl (C=O) groups excluding carboxylic acids is 1. The van der Waals surface area contributed by atoms with Crippen LogP contribution in [0.2, 0.25) is 0 Å². The monoisotopic (exact) mass is 253 g/mol. The van der Waals surface area contributed by atoms with Gasteiger partial charge in [0, 0.05) is 51.9 Å². The van der Waals surface area contributed by atoms with Gasteiger partial charge >= 0.3 is 0 Å². The van der Waals surface area contributed by atoms with E-state index >= 15 is 0 Å². The molecule has 0 aromatic carbocycles. The first kappa shape index (κ1) is 13.5. The zero-order chi connectivity index (χ0) is 12.8. The van der Waals surface area contributed by atoms with E-state index in [-0.39, 0.29) is 5.91 Å². The Bertz CT molecular complexity index is 293. The summed E-state index contributed by atoms with van der Waals surface area (Å²) >= 11 is 0. The molecule has 2 aliphatic heterocycles. The minimum atomic E-state index is 0.149. The van der Waals surface area contributed by atoms with Gasteiger partial charge in [-0.1, -0.05) is 6.08 Å². The molecule has 2 fully saturated rings. The third kappa shape index (κ3) is 4.08. The van der Waals surface area contributed by atoms with Crippen molar-refractivity contribution in [3.63, 3.8) is 0 Å². The zero-order valence-corrected chi connectivity index (χ0v) is 11.2. The molecule has 0 aromatic rings. The topological polar surface area (TPSA) is 36.0 Å². The van der Waals surface area contributed by atoms with Crippen LogP contribution in [0.1, 0.15) is 0 Å². The van der Waals surface area contributed by atoms with E-state index in [1.807, 2.05) is 11.0 Å². The third-order valence-corrected chi connectivity index (χ3v) is 3.54. The molecule has 0 radical (unpaired) electrons. The minimum absolute atomic E-state index is 0.149. The van der Waals surface area contributed by atoms with E-state index in [1.54, 1.807) is 6.08 Å². The fourth-order valence-electron chi connectivity index (χ4n) is 2.22. The van der Waals surface area contributed by atoms with E-state index in [2.05, 4.69) is 16.8 Å². The number of piperazine rings is 1. The van der Waals surface area contributed by atoms with Crippen LogP contribution in [0.3, 0.4) is 0 Å². The van der Waals surface area contributed by atoms with Crippen LogP contribution in [0, 0.1) is 0 Å². The van der Waals surface area contributed by atoms with Gasteiger partial charge in [-0.3, -0.25) is 9.69 Å². The Kier molecular flexibility index (Phi) is 5.16. The van der Waals surface area contributed by atoms with Crippen LogP contribution >= 0.6 is 0 Å². The molecule has 0 aliphatic carbocycles. The van der Waals surface area contributed by atoms with Gasteiger partial charge in [0.1, 0.15) is 0 Å². The van der Waals surface area contributed by atoms with Crippen molar-refractivity contribution in [1.29, 1.82) is 0 Å². The first-order valence-electron chi connectivity index (χ1n) is 6.70. The van der Waals surface area contributed by atoms with Crippen molar-refractivity contribution in [3.05, 3.63) is 12.2 Å². The molecule has 1 amide bonds. The van der Waals surface area contributed by atoms with Gasteiger partial charge in [0.2, 0.25) is 5.91 Å². The van der Waals surface area contributed by atoms with Crippen molar-refractivity contribution in [1.82, 2.24) is 14.7 Å². The molecule has 0 spiro atoms. The zero-order valence-electron chi connectivity index (χ0n) is 11.2. The average Bonchev–Trinajstić information content (AvgIpc) is 2.40. The van der Waals surface area contributed by atoms with Crippen molar-refractivity contribution in [2.24, 2.45) is 0 Å². The second-order valence-electron chi connectivity index (χ2n) is 4.94. The maximum Gasteiger partial charge on any atom is 0.246 e. The molecule has 0 N–H and O–H groups in total. The number of amides is 1. The van der Waals surface area contributed by atoms with Gasteiger partial charge in [-0.25, -0.2) is 0 Å². The number of hydrogen-bond donors (Lipinski definition) is 0. The van der Waals surface area contributed by atoms with Crippen molar-refractivity contribution in [2.45, 2.75) is 0 Å². The lowest BCUT2D eigenvalue weighted by Gasteiger charge is -2.31. The van der Waals surface area contributed by atoms with E-state index in [4.69, 9.17) is 4.74 Å². The summed E-state index contributed by atoms with van der Waals surface area (Å²) in [4.78, 5) is 18.4. The Morgan fingerprint density at radius 1 is 1.11 bits per heavy atom. The lowest BCUT2D eigenvalue weighted by Crippen LogP contribution is -2.46. The highest BCUT2D eigenvalue weighted by atomic mass is 16.5. The summed E-state index contributed by atoms with van der Waals surface area (Å²) in [6, 6.07) is 0. The first-order chi connectivity index (χ1) is 8.75. The van der Waals surface area contributed by atoms with Crippen LogP contribution in [-0.2, 0) is 9.53 Å². The number of ether oxygens (including phenoxy) is 1. The second kappa shape index (κ2) is 6.87. The Morgan fingerprint density at radius 2 is 1.78 bits per heavy atom. The van der Waals surface area contributed by atoms with Gasteiger partial charge in [-0.05, 0) is 7.05 Å². The molecule has 2 aliphatic rings. The van der Waals surface area contributed by atoms with E-state index in [9.17, 15) is 4.79 Å². The van der Waals surface area contributed by atoms with Gasteiger partial charge in [-0.2, -0.15) is 0 Å². The number of nitrogens with zero attached hydrogens (tertiary/aromatic N) is 3. The highest BCUT2D eigenvalue weighted by molar-refractivity contribution is 5.87. The molecule has 5 heteroatoms. The SMILES string of the molecule is CN1CCN(C(=O)/C=C/CN2CCOCC2)CC1. The molecule has 0 aromatic heterocycles. The quantitative estimate of drug-likeness (QED) is 0.644. The molecule has 2 rings (SSSR count). The van der Waals surface area contributed by atoms with Gasteiger partial charge in [-0.15, -0.1) is 0 Å². The molecule has 18 heavy (non-hydrogen) atoms. The van der Waals surface area contributed by atoms with Gasteiger partial charge < -0.3 is 14.5 Å². The molecule has 5 nitrogen and oxygen atoms in total. The largest absolute Gasteiger partial charge is 0.379 e. The Morgan fingerprint density at radius 3 is 2.44 bits per heavy atom. The van der Waals surface area contributed by atoms with E-state index in [0.717, 1.165) is 59.0 Å². The molecule has 0 bridgehead atoms.